The average Bonchev–Trinajstić information content (AvgIpc) is 3.07. The highest BCUT2D eigenvalue weighted by Gasteiger charge is 2.30. The quantitative estimate of drug-likeness (QED) is 0.700. The number of rotatable bonds is 2. The molecule has 0 spiro atoms. The fourth-order valence-electron chi connectivity index (χ4n) is 3.77. The first-order chi connectivity index (χ1) is 12.9. The molecule has 0 atom stereocenters. The Hall–Kier alpha value is -2.60. The van der Waals surface area contributed by atoms with Crippen LogP contribution in [0.15, 0.2) is 54.7 Å². The van der Waals surface area contributed by atoms with Crippen molar-refractivity contribution in [2.45, 2.75) is 24.9 Å². The number of carbonyl (C=O) groups is 1. The molecule has 140 valence electrons. The second-order valence-corrected chi connectivity index (χ2v) is 6.88. The summed E-state index contributed by atoms with van der Waals surface area (Å²) in [4.78, 5) is 13.0. The highest BCUT2D eigenvalue weighted by atomic mass is 19.4. The van der Waals surface area contributed by atoms with Gasteiger partial charge in [0.15, 0.2) is 0 Å². The van der Waals surface area contributed by atoms with Gasteiger partial charge in [0.1, 0.15) is 0 Å². The van der Waals surface area contributed by atoms with E-state index < -0.39 is 11.7 Å². The lowest BCUT2D eigenvalue weighted by atomic mass is 9.90. The van der Waals surface area contributed by atoms with Crippen LogP contribution >= 0.6 is 0 Å². The highest BCUT2D eigenvalue weighted by molar-refractivity contribution is 6.03. The minimum atomic E-state index is -4.41. The molecule has 0 unspecified atom stereocenters. The number of carbonyl (C=O) groups excluding carboxylic acids is 1. The summed E-state index contributed by atoms with van der Waals surface area (Å²) < 4.78 is 39.9. The zero-order valence-corrected chi connectivity index (χ0v) is 14.6. The zero-order valence-electron chi connectivity index (χ0n) is 14.6. The van der Waals surface area contributed by atoms with Gasteiger partial charge in [-0.15, -0.1) is 0 Å². The van der Waals surface area contributed by atoms with Crippen LogP contribution in [-0.4, -0.2) is 23.6 Å². The summed E-state index contributed by atoms with van der Waals surface area (Å²) in [5, 5.41) is 4.37. The molecular formula is C21H19F3N2O. The molecule has 3 nitrogen and oxygen atoms in total. The number of fused-ring (bicyclic) bond motifs is 1. The molecule has 0 saturated carbocycles. The second kappa shape index (κ2) is 6.85. The number of benzene rings is 2. The van der Waals surface area contributed by atoms with Crippen molar-refractivity contribution >= 4 is 16.8 Å². The van der Waals surface area contributed by atoms with Crippen LogP contribution in [0.25, 0.3) is 10.9 Å². The first kappa shape index (κ1) is 17.8. The smallest absolute Gasteiger partial charge is 0.317 e. The molecule has 3 aromatic rings. The number of nitrogens with zero attached hydrogens (tertiary/aromatic N) is 1. The Morgan fingerprint density at radius 2 is 1.67 bits per heavy atom. The Balaban J connectivity index is 1.74. The number of alkyl halides is 3. The van der Waals surface area contributed by atoms with E-state index in [1.54, 1.807) is 4.57 Å². The number of aromatic nitrogens is 1. The maximum Gasteiger partial charge on any atom is 0.416 e. The van der Waals surface area contributed by atoms with Crippen molar-refractivity contribution in [1.82, 2.24) is 9.88 Å². The fourth-order valence-corrected chi connectivity index (χ4v) is 3.77. The van der Waals surface area contributed by atoms with E-state index in [-0.39, 0.29) is 11.5 Å². The summed E-state index contributed by atoms with van der Waals surface area (Å²) in [6, 6.07) is 12.1. The van der Waals surface area contributed by atoms with Crippen LogP contribution < -0.4 is 5.32 Å². The predicted octanol–water partition coefficient (Wildman–Crippen LogP) is 4.82. The number of halogens is 3. The van der Waals surface area contributed by atoms with Crippen molar-refractivity contribution in [3.8, 4) is 0 Å². The van der Waals surface area contributed by atoms with Crippen LogP contribution in [0.5, 0.6) is 0 Å². The van der Waals surface area contributed by atoms with Crippen LogP contribution in [0.4, 0.5) is 13.2 Å². The topological polar surface area (TPSA) is 34.0 Å². The van der Waals surface area contributed by atoms with Gasteiger partial charge in [0.25, 0.3) is 5.91 Å². The lowest BCUT2D eigenvalue weighted by molar-refractivity contribution is -0.137. The molecule has 0 aliphatic carbocycles. The number of nitrogens with one attached hydrogen (secondary N) is 1. The standard InChI is InChI=1S/C21H19F3N2O/c22-21(23,24)16-7-5-15(6-8-16)20(27)26-13-18(14-9-11-25-12-10-14)17-3-1-2-4-19(17)26/h1-8,13-14,25H,9-12H2. The van der Waals surface area contributed by atoms with Crippen LogP contribution in [0.3, 0.4) is 0 Å². The summed E-state index contributed by atoms with van der Waals surface area (Å²) in [6.07, 6.45) is -0.546. The number of para-hydroxylation sites is 1. The van der Waals surface area contributed by atoms with Crippen molar-refractivity contribution in [1.29, 1.82) is 0 Å². The van der Waals surface area contributed by atoms with Gasteiger partial charge in [-0.2, -0.15) is 13.2 Å². The Labute approximate surface area is 154 Å². The molecule has 27 heavy (non-hydrogen) atoms. The minimum Gasteiger partial charge on any atom is -0.317 e. The van der Waals surface area contributed by atoms with E-state index >= 15 is 0 Å². The molecule has 6 heteroatoms. The largest absolute Gasteiger partial charge is 0.416 e. The van der Waals surface area contributed by atoms with Gasteiger partial charge in [-0.3, -0.25) is 9.36 Å². The normalized spacial score (nSPS) is 16.0. The Morgan fingerprint density at radius 1 is 1.00 bits per heavy atom. The van der Waals surface area contributed by atoms with Crippen LogP contribution in [-0.2, 0) is 6.18 Å². The lowest BCUT2D eigenvalue weighted by Gasteiger charge is -2.22. The maximum absolute atomic E-state index is 13.0. The van der Waals surface area contributed by atoms with Crippen molar-refractivity contribution in [3.05, 3.63) is 71.4 Å². The maximum atomic E-state index is 13.0. The first-order valence-electron chi connectivity index (χ1n) is 8.98. The lowest BCUT2D eigenvalue weighted by Crippen LogP contribution is -2.26. The van der Waals surface area contributed by atoms with Crippen molar-refractivity contribution in [2.75, 3.05) is 13.1 Å². The SMILES string of the molecule is O=C(c1ccc(C(F)(F)F)cc1)n1cc(C2CCNCC2)c2ccccc21. The molecule has 2 heterocycles. The molecule has 1 fully saturated rings. The third-order valence-corrected chi connectivity index (χ3v) is 5.20. The molecule has 1 N–H and O–H groups in total. The van der Waals surface area contributed by atoms with Crippen molar-refractivity contribution in [3.63, 3.8) is 0 Å². The molecule has 0 amide bonds. The second-order valence-electron chi connectivity index (χ2n) is 6.88. The van der Waals surface area contributed by atoms with E-state index in [1.807, 2.05) is 30.5 Å². The summed E-state index contributed by atoms with van der Waals surface area (Å²) in [5.41, 5.74) is 1.40. The summed E-state index contributed by atoms with van der Waals surface area (Å²) in [6.45, 7) is 1.88. The van der Waals surface area contributed by atoms with Crippen molar-refractivity contribution in [2.24, 2.45) is 0 Å². The average molecular weight is 372 g/mol. The molecule has 1 aliphatic heterocycles. The van der Waals surface area contributed by atoms with Gasteiger partial charge in [-0.05, 0) is 67.7 Å². The summed E-state index contributed by atoms with van der Waals surface area (Å²) in [5.74, 6) is 0.0536. The fraction of sp³-hybridized carbons (Fsp3) is 0.286. The Morgan fingerprint density at radius 3 is 2.33 bits per heavy atom. The molecule has 4 rings (SSSR count). The summed E-state index contributed by atoms with van der Waals surface area (Å²) in [7, 11) is 0. The van der Waals surface area contributed by atoms with Crippen LogP contribution in [0.1, 0.15) is 40.2 Å². The van der Waals surface area contributed by atoms with Gasteiger partial charge in [-0.25, -0.2) is 0 Å². The molecular weight excluding hydrogens is 353 g/mol. The molecule has 1 saturated heterocycles. The van der Waals surface area contributed by atoms with E-state index in [0.717, 1.165) is 54.5 Å². The van der Waals surface area contributed by atoms with E-state index in [4.69, 9.17) is 0 Å². The van der Waals surface area contributed by atoms with Gasteiger partial charge in [0, 0.05) is 17.1 Å². The van der Waals surface area contributed by atoms with E-state index in [2.05, 4.69) is 5.32 Å². The number of hydrogen-bond acceptors (Lipinski definition) is 2. The van der Waals surface area contributed by atoms with E-state index in [1.165, 1.54) is 12.1 Å². The molecule has 2 aromatic carbocycles. The number of piperidine rings is 1. The summed E-state index contributed by atoms with van der Waals surface area (Å²) >= 11 is 0. The van der Waals surface area contributed by atoms with Gasteiger partial charge in [-0.1, -0.05) is 18.2 Å². The molecule has 1 aromatic heterocycles. The van der Waals surface area contributed by atoms with Crippen LogP contribution in [0, 0.1) is 0 Å². The monoisotopic (exact) mass is 372 g/mol. The zero-order chi connectivity index (χ0) is 19.0. The minimum absolute atomic E-state index is 0.237. The van der Waals surface area contributed by atoms with Gasteiger partial charge in [0.2, 0.25) is 0 Å². The molecule has 1 aliphatic rings. The van der Waals surface area contributed by atoms with Gasteiger partial charge in [0.05, 0.1) is 11.1 Å². The Kier molecular flexibility index (Phi) is 4.52. The Bertz CT molecular complexity index is 967. The number of hydrogen-bond donors (Lipinski definition) is 1. The van der Waals surface area contributed by atoms with Crippen LogP contribution in [0.2, 0.25) is 0 Å². The third kappa shape index (κ3) is 3.37. The predicted molar refractivity (Wildman–Crippen MR) is 98.0 cm³/mol. The van der Waals surface area contributed by atoms with E-state index in [9.17, 15) is 18.0 Å². The van der Waals surface area contributed by atoms with Crippen molar-refractivity contribution < 1.29 is 18.0 Å². The highest BCUT2D eigenvalue weighted by Crippen LogP contribution is 2.34. The van der Waals surface area contributed by atoms with Gasteiger partial charge >= 0.3 is 6.18 Å². The third-order valence-electron chi connectivity index (χ3n) is 5.20. The van der Waals surface area contributed by atoms with E-state index in [0.29, 0.717) is 5.92 Å². The molecule has 0 radical (unpaired) electrons. The first-order valence-corrected chi connectivity index (χ1v) is 8.98. The van der Waals surface area contributed by atoms with Gasteiger partial charge < -0.3 is 5.32 Å². The molecule has 0 bridgehead atoms.